The van der Waals surface area contributed by atoms with Crippen LogP contribution < -0.4 is 10.1 Å². The van der Waals surface area contributed by atoms with Crippen molar-refractivity contribution in [3.05, 3.63) is 65.7 Å². The van der Waals surface area contributed by atoms with Gasteiger partial charge in [-0.05, 0) is 48.2 Å². The quantitative estimate of drug-likeness (QED) is 0.761. The van der Waals surface area contributed by atoms with Crippen molar-refractivity contribution in [3.63, 3.8) is 0 Å². The minimum atomic E-state index is -0.944. The first-order valence-corrected chi connectivity index (χ1v) is 7.69. The summed E-state index contributed by atoms with van der Waals surface area (Å²) in [6.45, 7) is 0.668. The number of hydrogen-bond acceptors (Lipinski definition) is 3. The fourth-order valence-corrected chi connectivity index (χ4v) is 2.24. The number of aliphatic carboxylic acids is 1. The molecule has 1 fully saturated rings. The average Bonchev–Trinajstić information content (AvgIpc) is 3.36. The van der Waals surface area contributed by atoms with Crippen LogP contribution in [0.1, 0.15) is 24.0 Å². The van der Waals surface area contributed by atoms with Crippen LogP contribution in [-0.4, -0.2) is 17.2 Å². The highest BCUT2D eigenvalue weighted by molar-refractivity contribution is 5.85. The summed E-state index contributed by atoms with van der Waals surface area (Å²) in [6.07, 6.45) is 5.42. The Morgan fingerprint density at radius 1 is 1.22 bits per heavy atom. The second-order valence-corrected chi connectivity index (χ2v) is 5.62. The SMILES string of the molecule is O=C(O)/C=C/c1cccc(CNc2cccc(OC3CC3)c2)c1. The van der Waals surface area contributed by atoms with Gasteiger partial charge in [0.15, 0.2) is 0 Å². The molecule has 1 aliphatic carbocycles. The van der Waals surface area contributed by atoms with E-state index in [0.29, 0.717) is 12.6 Å². The molecule has 3 rings (SSSR count). The summed E-state index contributed by atoms with van der Waals surface area (Å²) >= 11 is 0. The Kier molecular flexibility index (Phi) is 4.62. The Balaban J connectivity index is 1.61. The molecule has 0 aromatic heterocycles. The predicted octanol–water partition coefficient (Wildman–Crippen LogP) is 3.94. The molecule has 4 heteroatoms. The predicted molar refractivity (Wildman–Crippen MR) is 90.5 cm³/mol. The first-order chi connectivity index (χ1) is 11.2. The molecule has 0 saturated heterocycles. The smallest absolute Gasteiger partial charge is 0.328 e. The summed E-state index contributed by atoms with van der Waals surface area (Å²) in [7, 11) is 0. The highest BCUT2D eigenvalue weighted by atomic mass is 16.5. The highest BCUT2D eigenvalue weighted by Crippen LogP contribution is 2.28. The molecule has 0 spiro atoms. The van der Waals surface area contributed by atoms with E-state index in [-0.39, 0.29) is 0 Å². The van der Waals surface area contributed by atoms with Crippen LogP contribution in [0.15, 0.2) is 54.6 Å². The Bertz CT molecular complexity index is 720. The van der Waals surface area contributed by atoms with Gasteiger partial charge in [0, 0.05) is 24.4 Å². The summed E-state index contributed by atoms with van der Waals surface area (Å²) < 4.78 is 5.79. The number of ether oxygens (including phenoxy) is 1. The number of hydrogen-bond donors (Lipinski definition) is 2. The molecule has 2 N–H and O–H groups in total. The Labute approximate surface area is 135 Å². The third-order valence-electron chi connectivity index (χ3n) is 3.53. The van der Waals surface area contributed by atoms with Crippen LogP contribution in [-0.2, 0) is 11.3 Å². The van der Waals surface area contributed by atoms with Crippen LogP contribution in [0.25, 0.3) is 6.08 Å². The molecule has 0 radical (unpaired) electrons. The van der Waals surface area contributed by atoms with E-state index in [1.807, 2.05) is 48.5 Å². The zero-order chi connectivity index (χ0) is 16.1. The lowest BCUT2D eigenvalue weighted by Crippen LogP contribution is -2.01. The summed E-state index contributed by atoms with van der Waals surface area (Å²) in [5.74, 6) is -0.0448. The van der Waals surface area contributed by atoms with E-state index < -0.39 is 5.97 Å². The van der Waals surface area contributed by atoms with Gasteiger partial charge in [-0.1, -0.05) is 24.3 Å². The van der Waals surface area contributed by atoms with Gasteiger partial charge in [0.1, 0.15) is 5.75 Å². The monoisotopic (exact) mass is 309 g/mol. The van der Waals surface area contributed by atoms with Crippen LogP contribution in [0, 0.1) is 0 Å². The maximum absolute atomic E-state index is 10.6. The van der Waals surface area contributed by atoms with Crippen molar-refractivity contribution in [1.82, 2.24) is 0 Å². The van der Waals surface area contributed by atoms with E-state index in [1.165, 1.54) is 0 Å². The van der Waals surface area contributed by atoms with E-state index in [4.69, 9.17) is 9.84 Å². The molecule has 2 aromatic rings. The maximum Gasteiger partial charge on any atom is 0.328 e. The molecule has 0 atom stereocenters. The lowest BCUT2D eigenvalue weighted by atomic mass is 10.1. The summed E-state index contributed by atoms with van der Waals surface area (Å²) in [6, 6.07) is 15.7. The van der Waals surface area contributed by atoms with Gasteiger partial charge < -0.3 is 15.2 Å². The van der Waals surface area contributed by atoms with Crippen molar-refractivity contribution in [2.75, 3.05) is 5.32 Å². The van der Waals surface area contributed by atoms with E-state index in [9.17, 15) is 4.79 Å². The van der Waals surface area contributed by atoms with Crippen molar-refractivity contribution < 1.29 is 14.6 Å². The molecule has 23 heavy (non-hydrogen) atoms. The Hall–Kier alpha value is -2.75. The standard InChI is InChI=1S/C19H19NO3/c21-19(22)10-7-14-3-1-4-15(11-14)13-20-16-5-2-6-18(12-16)23-17-8-9-17/h1-7,10-12,17,20H,8-9,13H2,(H,21,22)/b10-7+. The van der Waals surface area contributed by atoms with E-state index in [1.54, 1.807) is 6.08 Å². The number of rotatable bonds is 7. The van der Waals surface area contributed by atoms with Crippen molar-refractivity contribution >= 4 is 17.7 Å². The molecule has 0 amide bonds. The molecule has 0 heterocycles. The molecule has 0 bridgehead atoms. The second kappa shape index (κ2) is 7.01. The molecule has 4 nitrogen and oxygen atoms in total. The zero-order valence-corrected chi connectivity index (χ0v) is 12.7. The van der Waals surface area contributed by atoms with Crippen molar-refractivity contribution in [2.24, 2.45) is 0 Å². The van der Waals surface area contributed by atoms with E-state index >= 15 is 0 Å². The van der Waals surface area contributed by atoms with Crippen molar-refractivity contribution in [3.8, 4) is 5.75 Å². The van der Waals surface area contributed by atoms with Crippen LogP contribution in [0.2, 0.25) is 0 Å². The fourth-order valence-electron chi connectivity index (χ4n) is 2.24. The second-order valence-electron chi connectivity index (χ2n) is 5.62. The molecule has 0 aliphatic heterocycles. The maximum atomic E-state index is 10.6. The van der Waals surface area contributed by atoms with Gasteiger partial charge in [-0.15, -0.1) is 0 Å². The number of anilines is 1. The van der Waals surface area contributed by atoms with E-state index in [2.05, 4.69) is 5.32 Å². The van der Waals surface area contributed by atoms with E-state index in [0.717, 1.165) is 41.5 Å². The van der Waals surface area contributed by atoms with Gasteiger partial charge in [-0.3, -0.25) is 0 Å². The average molecular weight is 309 g/mol. The summed E-state index contributed by atoms with van der Waals surface area (Å²) in [4.78, 5) is 10.6. The number of carbonyl (C=O) groups is 1. The van der Waals surface area contributed by atoms with Gasteiger partial charge in [0.05, 0.1) is 6.10 Å². The van der Waals surface area contributed by atoms with Crippen LogP contribution in [0.5, 0.6) is 5.75 Å². The van der Waals surface area contributed by atoms with Crippen molar-refractivity contribution in [2.45, 2.75) is 25.5 Å². The third kappa shape index (κ3) is 4.88. The fraction of sp³-hybridized carbons (Fsp3) is 0.211. The van der Waals surface area contributed by atoms with Gasteiger partial charge in [-0.2, -0.15) is 0 Å². The molecule has 118 valence electrons. The summed E-state index contributed by atoms with van der Waals surface area (Å²) in [5, 5.41) is 12.0. The van der Waals surface area contributed by atoms with Crippen molar-refractivity contribution in [1.29, 1.82) is 0 Å². The highest BCUT2D eigenvalue weighted by Gasteiger charge is 2.23. The van der Waals surface area contributed by atoms with Crippen LogP contribution >= 0.6 is 0 Å². The Morgan fingerprint density at radius 2 is 2.04 bits per heavy atom. The molecular weight excluding hydrogens is 290 g/mol. The van der Waals surface area contributed by atoms with Gasteiger partial charge in [0.2, 0.25) is 0 Å². The van der Waals surface area contributed by atoms with Crippen LogP contribution in [0.3, 0.4) is 0 Å². The van der Waals surface area contributed by atoms with Gasteiger partial charge >= 0.3 is 5.97 Å². The Morgan fingerprint density at radius 3 is 2.83 bits per heavy atom. The number of benzene rings is 2. The number of carboxylic acids is 1. The third-order valence-corrected chi connectivity index (χ3v) is 3.53. The normalized spacial score (nSPS) is 13.9. The lowest BCUT2D eigenvalue weighted by molar-refractivity contribution is -0.131. The molecule has 2 aromatic carbocycles. The zero-order valence-electron chi connectivity index (χ0n) is 12.7. The first-order valence-electron chi connectivity index (χ1n) is 7.69. The topological polar surface area (TPSA) is 58.6 Å². The molecular formula is C19H19NO3. The van der Waals surface area contributed by atoms with Crippen LogP contribution in [0.4, 0.5) is 5.69 Å². The molecule has 0 unspecified atom stereocenters. The number of carboxylic acid groups (broad SMARTS) is 1. The first kappa shape index (κ1) is 15.2. The number of nitrogens with one attached hydrogen (secondary N) is 1. The summed E-state index contributed by atoms with van der Waals surface area (Å²) in [5.41, 5.74) is 2.97. The minimum Gasteiger partial charge on any atom is -0.490 e. The minimum absolute atomic E-state index is 0.392. The largest absolute Gasteiger partial charge is 0.490 e. The lowest BCUT2D eigenvalue weighted by Gasteiger charge is -2.10. The van der Waals surface area contributed by atoms with Gasteiger partial charge in [0.25, 0.3) is 0 Å². The molecule has 1 aliphatic rings. The molecule has 1 saturated carbocycles. The van der Waals surface area contributed by atoms with Gasteiger partial charge in [-0.25, -0.2) is 4.79 Å².